The molecule has 2 N–H and O–H groups in total. The van der Waals surface area contributed by atoms with Gasteiger partial charge >= 0.3 is 5.97 Å². The Morgan fingerprint density at radius 2 is 2.30 bits per heavy atom. The van der Waals surface area contributed by atoms with E-state index in [9.17, 15) is 9.18 Å². The number of carbonyl (C=O) groups is 1. The molecule has 1 atom stereocenters. The number of hydrogen-bond donors (Lipinski definition) is 2. The molecule has 0 aromatic heterocycles. The van der Waals surface area contributed by atoms with Crippen molar-refractivity contribution >= 4 is 18.0 Å². The van der Waals surface area contributed by atoms with Crippen molar-refractivity contribution in [3.8, 4) is 0 Å². The van der Waals surface area contributed by atoms with Crippen LogP contribution in [-0.4, -0.2) is 21.3 Å². The lowest BCUT2D eigenvalue weighted by Gasteiger charge is -2.09. The van der Waals surface area contributed by atoms with E-state index in [-0.39, 0.29) is 12.0 Å². The molecule has 0 aliphatic rings. The highest BCUT2D eigenvalue weighted by Crippen LogP contribution is 2.27. The van der Waals surface area contributed by atoms with Gasteiger partial charge in [-0.15, -0.1) is 4.33 Å². The van der Waals surface area contributed by atoms with E-state index in [1.165, 1.54) is 0 Å². The number of aliphatic carboxylic acids is 1. The monoisotopic (exact) mass is 172 g/mol. The molecule has 1 unspecified atom stereocenters. The van der Waals surface area contributed by atoms with Gasteiger partial charge in [-0.1, -0.05) is 5.04 Å². The van der Waals surface area contributed by atoms with Gasteiger partial charge in [0.1, 0.15) is 0 Å². The molecule has 0 rings (SSSR count). The van der Waals surface area contributed by atoms with E-state index < -0.39 is 11.0 Å². The van der Waals surface area contributed by atoms with Crippen molar-refractivity contribution in [1.82, 2.24) is 0 Å². The second kappa shape index (κ2) is 3.71. The second-order valence-corrected chi connectivity index (χ2v) is 2.52. The first kappa shape index (κ1) is 9.63. The third-order valence-electron chi connectivity index (χ3n) is 0.603. The Balaban J connectivity index is 3.75. The van der Waals surface area contributed by atoms with E-state index in [2.05, 4.69) is 9.37 Å². The standard InChI is InChI=1S/C3H5FO5S/c1-3(4,2(5)6)10-9-8-7/h7H,1H3,(H,5,6). The highest BCUT2D eigenvalue weighted by atomic mass is 32.2. The molecule has 0 aromatic rings. The molecule has 0 radical (unpaired) electrons. The molecule has 0 fully saturated rings. The Bertz CT molecular complexity index is 126. The zero-order chi connectivity index (χ0) is 8.20. The van der Waals surface area contributed by atoms with Crippen molar-refractivity contribution in [2.75, 3.05) is 0 Å². The average molecular weight is 172 g/mol. The Kier molecular flexibility index (Phi) is 3.58. The third kappa shape index (κ3) is 2.97. The van der Waals surface area contributed by atoms with Gasteiger partial charge in [0.25, 0.3) is 5.00 Å². The van der Waals surface area contributed by atoms with Gasteiger partial charge in [0.05, 0.1) is 12.0 Å². The van der Waals surface area contributed by atoms with Gasteiger partial charge in [0, 0.05) is 0 Å². The summed E-state index contributed by atoms with van der Waals surface area (Å²) in [5.74, 6) is -1.71. The molecule has 60 valence electrons. The number of alkyl halides is 1. The maximum Gasteiger partial charge on any atom is 0.354 e. The Hall–Kier alpha value is -0.370. The Labute approximate surface area is 59.8 Å². The summed E-state index contributed by atoms with van der Waals surface area (Å²) in [6.45, 7) is 0.749. The van der Waals surface area contributed by atoms with Crippen LogP contribution in [0.1, 0.15) is 6.92 Å². The zero-order valence-electron chi connectivity index (χ0n) is 4.91. The van der Waals surface area contributed by atoms with Crippen LogP contribution in [0.4, 0.5) is 4.39 Å². The Morgan fingerprint density at radius 3 is 2.60 bits per heavy atom. The number of halogens is 1. The van der Waals surface area contributed by atoms with Gasteiger partial charge in [0.2, 0.25) is 0 Å². The molecule has 0 bridgehead atoms. The minimum atomic E-state index is -2.62. The Morgan fingerprint density at radius 1 is 1.80 bits per heavy atom. The molecule has 10 heavy (non-hydrogen) atoms. The minimum Gasteiger partial charge on any atom is -0.478 e. The van der Waals surface area contributed by atoms with Crippen LogP contribution >= 0.6 is 12.0 Å². The first-order valence-electron chi connectivity index (χ1n) is 2.09. The van der Waals surface area contributed by atoms with E-state index >= 15 is 0 Å². The van der Waals surface area contributed by atoms with Crippen molar-refractivity contribution in [3.63, 3.8) is 0 Å². The van der Waals surface area contributed by atoms with E-state index in [4.69, 9.17) is 10.4 Å². The van der Waals surface area contributed by atoms with Crippen LogP contribution in [0.15, 0.2) is 0 Å². The first-order valence-corrected chi connectivity index (χ1v) is 2.83. The predicted octanol–water partition coefficient (Wildman–Crippen LogP) is 0.826. The maximum atomic E-state index is 12.4. The van der Waals surface area contributed by atoms with Gasteiger partial charge in [-0.25, -0.2) is 14.4 Å². The van der Waals surface area contributed by atoms with Crippen LogP contribution in [0.5, 0.6) is 0 Å². The van der Waals surface area contributed by atoms with Crippen molar-refractivity contribution in [1.29, 1.82) is 0 Å². The molecule has 0 aromatic carbocycles. The fraction of sp³-hybridized carbons (Fsp3) is 0.667. The van der Waals surface area contributed by atoms with Gasteiger partial charge in [0.15, 0.2) is 0 Å². The summed E-state index contributed by atoms with van der Waals surface area (Å²) in [7, 11) is 0. The summed E-state index contributed by atoms with van der Waals surface area (Å²) in [5.41, 5.74) is 0. The van der Waals surface area contributed by atoms with E-state index in [1.54, 1.807) is 0 Å². The van der Waals surface area contributed by atoms with Crippen molar-refractivity contribution in [2.45, 2.75) is 11.9 Å². The summed E-state index contributed by atoms with van der Waals surface area (Å²) < 4.78 is 16.0. The van der Waals surface area contributed by atoms with Crippen LogP contribution in [0.25, 0.3) is 0 Å². The molecule has 7 heteroatoms. The second-order valence-electron chi connectivity index (χ2n) is 1.45. The lowest BCUT2D eigenvalue weighted by atomic mass is 10.4. The molecule has 0 heterocycles. The quantitative estimate of drug-likeness (QED) is 0.371. The summed E-state index contributed by atoms with van der Waals surface area (Å²) in [6, 6.07) is 0. The topological polar surface area (TPSA) is 76.0 Å². The van der Waals surface area contributed by atoms with E-state index in [0.29, 0.717) is 0 Å². The zero-order valence-corrected chi connectivity index (χ0v) is 5.72. The van der Waals surface area contributed by atoms with Crippen LogP contribution in [0, 0.1) is 0 Å². The molecular weight excluding hydrogens is 167 g/mol. The normalized spacial score (nSPS) is 16.3. The molecule has 0 saturated heterocycles. The third-order valence-corrected chi connectivity index (χ3v) is 1.22. The average Bonchev–Trinajstić information content (AvgIpc) is 1.84. The van der Waals surface area contributed by atoms with Crippen LogP contribution < -0.4 is 0 Å². The van der Waals surface area contributed by atoms with Crippen molar-refractivity contribution in [3.05, 3.63) is 0 Å². The SMILES string of the molecule is CC(F)(SOOO)C(=O)O. The van der Waals surface area contributed by atoms with Gasteiger partial charge in [-0.2, -0.15) is 0 Å². The smallest absolute Gasteiger partial charge is 0.354 e. The lowest BCUT2D eigenvalue weighted by molar-refractivity contribution is -0.432. The maximum absolute atomic E-state index is 12.4. The van der Waals surface area contributed by atoms with E-state index in [1.807, 2.05) is 0 Å². The van der Waals surface area contributed by atoms with E-state index in [0.717, 1.165) is 6.92 Å². The number of carboxylic acid groups (broad SMARTS) is 1. The van der Waals surface area contributed by atoms with Gasteiger partial charge in [-0.3, -0.25) is 0 Å². The highest BCUT2D eigenvalue weighted by molar-refractivity contribution is 7.96. The number of rotatable bonds is 4. The first-order chi connectivity index (χ1) is 4.50. The summed E-state index contributed by atoms with van der Waals surface area (Å²) in [5, 5.41) is 15.9. The van der Waals surface area contributed by atoms with Crippen molar-refractivity contribution < 1.29 is 28.9 Å². The van der Waals surface area contributed by atoms with Crippen LogP contribution in [0.3, 0.4) is 0 Å². The molecular formula is C3H5FO5S. The van der Waals surface area contributed by atoms with Gasteiger partial charge < -0.3 is 5.11 Å². The summed E-state index contributed by atoms with van der Waals surface area (Å²) in [4.78, 5) is 9.91. The molecule has 0 aliphatic carbocycles. The minimum absolute atomic E-state index is 0.152. The lowest BCUT2D eigenvalue weighted by Crippen LogP contribution is -2.25. The van der Waals surface area contributed by atoms with Crippen LogP contribution in [-0.2, 0) is 14.2 Å². The summed E-state index contributed by atoms with van der Waals surface area (Å²) >= 11 is -0.152. The van der Waals surface area contributed by atoms with Crippen LogP contribution in [0.2, 0.25) is 0 Å². The number of hydrogen-bond acceptors (Lipinski definition) is 5. The number of carboxylic acids is 1. The predicted molar refractivity (Wildman–Crippen MR) is 29.5 cm³/mol. The fourth-order valence-electron chi connectivity index (χ4n) is 0.115. The molecule has 5 nitrogen and oxygen atoms in total. The highest BCUT2D eigenvalue weighted by Gasteiger charge is 2.35. The molecule has 0 spiro atoms. The fourth-order valence-corrected chi connectivity index (χ4v) is 0.344. The van der Waals surface area contributed by atoms with Gasteiger partial charge in [-0.05, 0) is 6.92 Å². The molecule has 0 amide bonds. The molecule has 0 saturated carbocycles. The summed E-state index contributed by atoms with van der Waals surface area (Å²) in [6.07, 6.45) is 0. The molecule has 0 aliphatic heterocycles. The van der Waals surface area contributed by atoms with Crippen molar-refractivity contribution in [2.24, 2.45) is 0 Å². The largest absolute Gasteiger partial charge is 0.478 e.